The van der Waals surface area contributed by atoms with Crippen LogP contribution >= 0.6 is 0 Å². The predicted molar refractivity (Wildman–Crippen MR) is 96.7 cm³/mol. The summed E-state index contributed by atoms with van der Waals surface area (Å²) in [7, 11) is 4.17. The fourth-order valence-electron chi connectivity index (χ4n) is 3.37. The molecule has 0 bridgehead atoms. The highest BCUT2D eigenvalue weighted by atomic mass is 15.0. The van der Waals surface area contributed by atoms with E-state index < -0.39 is 0 Å². The minimum Gasteiger partial charge on any atom is -0.309 e. The minimum atomic E-state index is 0.144. The number of hydrogen-bond donors (Lipinski definition) is 0. The van der Waals surface area contributed by atoms with E-state index >= 15 is 0 Å². The summed E-state index contributed by atoms with van der Waals surface area (Å²) in [5.74, 6) is 0. The van der Waals surface area contributed by atoms with Crippen molar-refractivity contribution in [2.75, 3.05) is 20.6 Å². The van der Waals surface area contributed by atoms with E-state index in [4.69, 9.17) is 0 Å². The van der Waals surface area contributed by atoms with E-state index in [9.17, 15) is 0 Å². The lowest BCUT2D eigenvalue weighted by Gasteiger charge is -2.35. The van der Waals surface area contributed by atoms with Crippen LogP contribution < -0.4 is 0 Å². The van der Waals surface area contributed by atoms with Gasteiger partial charge in [0, 0.05) is 5.41 Å². The van der Waals surface area contributed by atoms with Crippen molar-refractivity contribution in [1.82, 2.24) is 4.90 Å². The van der Waals surface area contributed by atoms with Gasteiger partial charge >= 0.3 is 0 Å². The summed E-state index contributed by atoms with van der Waals surface area (Å²) in [5, 5.41) is 0. The third-order valence-corrected chi connectivity index (χ3v) is 4.43. The van der Waals surface area contributed by atoms with Crippen LogP contribution in [0.25, 0.3) is 0 Å². The van der Waals surface area contributed by atoms with Gasteiger partial charge in [0.2, 0.25) is 0 Å². The second-order valence-electron chi connectivity index (χ2n) is 6.92. The molecule has 0 radical (unpaired) electrons. The van der Waals surface area contributed by atoms with Crippen LogP contribution in [0, 0.1) is 0 Å². The van der Waals surface area contributed by atoms with E-state index in [1.54, 1.807) is 0 Å². The van der Waals surface area contributed by atoms with Gasteiger partial charge in [-0.25, -0.2) is 0 Å². The molecule has 0 atom stereocenters. The van der Waals surface area contributed by atoms with Gasteiger partial charge in [0.15, 0.2) is 0 Å². The molecule has 0 unspecified atom stereocenters. The molecule has 0 amide bonds. The van der Waals surface area contributed by atoms with Crippen molar-refractivity contribution in [3.05, 3.63) is 70.8 Å². The van der Waals surface area contributed by atoms with E-state index in [1.165, 1.54) is 35.2 Å². The topological polar surface area (TPSA) is 3.24 Å². The molecule has 1 aliphatic rings. The Labute approximate surface area is 136 Å². The molecule has 0 aromatic heterocycles. The first-order chi connectivity index (χ1) is 10.5. The lowest BCUT2D eigenvalue weighted by atomic mass is 9.69. The Morgan fingerprint density at radius 2 is 1.32 bits per heavy atom. The van der Waals surface area contributed by atoms with Gasteiger partial charge < -0.3 is 4.90 Å². The van der Waals surface area contributed by atoms with Crippen molar-refractivity contribution in [3.63, 3.8) is 0 Å². The van der Waals surface area contributed by atoms with Gasteiger partial charge in [-0.3, -0.25) is 0 Å². The van der Waals surface area contributed by atoms with Crippen LogP contribution in [0.3, 0.4) is 0 Å². The van der Waals surface area contributed by atoms with Crippen molar-refractivity contribution in [3.8, 4) is 0 Å². The largest absolute Gasteiger partial charge is 0.309 e. The monoisotopic (exact) mass is 295 g/mol. The third-order valence-electron chi connectivity index (χ3n) is 4.43. The molecule has 0 spiro atoms. The van der Waals surface area contributed by atoms with Crippen LogP contribution in [-0.4, -0.2) is 25.5 Å². The molecule has 0 N–H and O–H groups in total. The number of rotatable bonds is 2. The average Bonchev–Trinajstić information content (AvgIpc) is 2.48. The standard InChI is InChI=1S/C16H16.C5H13N/c1-16(2)14-9-5-3-7-12(14)11-13-8-4-6-10-15(13)16;1-4-5-6(2)3/h3-10H,11H2,1-2H3;4-5H2,1-3H3. The van der Waals surface area contributed by atoms with Crippen molar-refractivity contribution >= 4 is 0 Å². The molecule has 2 aromatic carbocycles. The summed E-state index contributed by atoms with van der Waals surface area (Å²) in [4.78, 5) is 2.18. The van der Waals surface area contributed by atoms with Gasteiger partial charge in [-0.15, -0.1) is 0 Å². The van der Waals surface area contributed by atoms with E-state index in [0.717, 1.165) is 6.42 Å². The van der Waals surface area contributed by atoms with Crippen LogP contribution in [0.5, 0.6) is 0 Å². The Balaban J connectivity index is 0.000000254. The molecule has 22 heavy (non-hydrogen) atoms. The van der Waals surface area contributed by atoms with Crippen LogP contribution in [0.1, 0.15) is 49.4 Å². The lowest BCUT2D eigenvalue weighted by molar-refractivity contribution is 0.408. The lowest BCUT2D eigenvalue weighted by Crippen LogP contribution is -2.26. The second-order valence-corrected chi connectivity index (χ2v) is 6.92. The van der Waals surface area contributed by atoms with Crippen LogP contribution in [-0.2, 0) is 11.8 Å². The molecule has 0 fully saturated rings. The molecule has 1 aliphatic carbocycles. The smallest absolute Gasteiger partial charge is 0.0152 e. The maximum atomic E-state index is 2.32. The summed E-state index contributed by atoms with van der Waals surface area (Å²) in [6.07, 6.45) is 2.34. The molecule has 0 saturated heterocycles. The number of fused-ring (bicyclic) bond motifs is 2. The summed E-state index contributed by atoms with van der Waals surface area (Å²) in [6, 6.07) is 17.6. The summed E-state index contributed by atoms with van der Waals surface area (Å²) in [5.41, 5.74) is 6.06. The van der Waals surface area contributed by atoms with Crippen molar-refractivity contribution in [2.45, 2.75) is 39.0 Å². The molecule has 0 heterocycles. The maximum Gasteiger partial charge on any atom is 0.0152 e. The second kappa shape index (κ2) is 7.11. The summed E-state index contributed by atoms with van der Waals surface area (Å²) < 4.78 is 0. The fraction of sp³-hybridized carbons (Fsp3) is 0.429. The molecule has 3 rings (SSSR count). The van der Waals surface area contributed by atoms with Crippen LogP contribution in [0.15, 0.2) is 48.5 Å². The van der Waals surface area contributed by atoms with Crippen molar-refractivity contribution in [1.29, 1.82) is 0 Å². The zero-order valence-corrected chi connectivity index (χ0v) is 14.7. The van der Waals surface area contributed by atoms with E-state index in [-0.39, 0.29) is 5.41 Å². The minimum absolute atomic E-state index is 0.144. The Kier molecular flexibility index (Phi) is 5.42. The molecular weight excluding hydrogens is 266 g/mol. The van der Waals surface area contributed by atoms with Crippen LogP contribution in [0.2, 0.25) is 0 Å². The fourth-order valence-corrected chi connectivity index (χ4v) is 3.37. The highest BCUT2D eigenvalue weighted by Gasteiger charge is 2.31. The molecule has 1 heteroatoms. The number of benzene rings is 2. The van der Waals surface area contributed by atoms with Crippen molar-refractivity contribution in [2.24, 2.45) is 0 Å². The van der Waals surface area contributed by atoms with Gasteiger partial charge in [-0.05, 0) is 55.7 Å². The maximum absolute atomic E-state index is 2.32. The SMILES string of the molecule is CC1(C)c2ccccc2Cc2ccccc21.CCCN(C)C. The van der Waals surface area contributed by atoms with E-state index in [0.29, 0.717) is 0 Å². The zero-order chi connectivity index (χ0) is 16.2. The first-order valence-electron chi connectivity index (χ1n) is 8.28. The highest BCUT2D eigenvalue weighted by molar-refractivity contribution is 5.52. The van der Waals surface area contributed by atoms with Crippen molar-refractivity contribution < 1.29 is 0 Å². The van der Waals surface area contributed by atoms with E-state index in [1.807, 2.05) is 0 Å². The van der Waals surface area contributed by atoms with Crippen LogP contribution in [0.4, 0.5) is 0 Å². The van der Waals surface area contributed by atoms with Gasteiger partial charge in [-0.2, -0.15) is 0 Å². The Morgan fingerprint density at radius 1 is 0.864 bits per heavy atom. The van der Waals surface area contributed by atoms with Gasteiger partial charge in [-0.1, -0.05) is 69.3 Å². The Hall–Kier alpha value is -1.60. The first kappa shape index (κ1) is 16.8. The number of nitrogens with zero attached hydrogens (tertiary/aromatic N) is 1. The van der Waals surface area contributed by atoms with Gasteiger partial charge in [0.25, 0.3) is 0 Å². The molecule has 0 saturated carbocycles. The molecule has 2 aromatic rings. The Bertz CT molecular complexity index is 563. The molecule has 0 aliphatic heterocycles. The summed E-state index contributed by atoms with van der Waals surface area (Å²) >= 11 is 0. The first-order valence-corrected chi connectivity index (χ1v) is 8.28. The molecular formula is C21H29N. The van der Waals surface area contributed by atoms with E-state index in [2.05, 4.69) is 88.3 Å². The molecule has 118 valence electrons. The number of hydrogen-bond acceptors (Lipinski definition) is 1. The molecule has 1 nitrogen and oxygen atoms in total. The highest BCUT2D eigenvalue weighted by Crippen LogP contribution is 2.40. The van der Waals surface area contributed by atoms with Gasteiger partial charge in [0.1, 0.15) is 0 Å². The Morgan fingerprint density at radius 3 is 1.68 bits per heavy atom. The predicted octanol–water partition coefficient (Wildman–Crippen LogP) is 4.87. The summed E-state index contributed by atoms with van der Waals surface area (Å²) in [6.45, 7) is 8.04. The average molecular weight is 295 g/mol. The quantitative estimate of drug-likeness (QED) is 0.763. The zero-order valence-electron chi connectivity index (χ0n) is 14.7. The van der Waals surface area contributed by atoms with Gasteiger partial charge in [0.05, 0.1) is 0 Å². The normalized spacial score (nSPS) is 14.6. The third kappa shape index (κ3) is 3.59.